The number of para-hydroxylation sites is 2. The van der Waals surface area contributed by atoms with Crippen LogP contribution in [0.2, 0.25) is 0 Å². The van der Waals surface area contributed by atoms with Gasteiger partial charge in [0.15, 0.2) is 0 Å². The summed E-state index contributed by atoms with van der Waals surface area (Å²) >= 11 is 0. The molecule has 63 heavy (non-hydrogen) atoms. The summed E-state index contributed by atoms with van der Waals surface area (Å²) in [7, 11) is 0. The molecule has 10 aromatic carbocycles. The van der Waals surface area contributed by atoms with Crippen molar-refractivity contribution in [3.05, 3.63) is 242 Å². The number of aromatic nitrogens is 1. The first-order valence-corrected chi connectivity index (χ1v) is 21.9. The van der Waals surface area contributed by atoms with Crippen LogP contribution in [0.3, 0.4) is 0 Å². The lowest BCUT2D eigenvalue weighted by Gasteiger charge is -2.28. The van der Waals surface area contributed by atoms with Crippen molar-refractivity contribution in [2.75, 3.05) is 4.90 Å². The van der Waals surface area contributed by atoms with Gasteiger partial charge in [-0.2, -0.15) is 0 Å². The SMILES string of the molecule is CC1(C)c2ccccc2-c2ccc(N(c3ccc(-c4ccc5c(c4)c4ccccc4n5-c4ccccc4-c4ccccc4)cc3)c3cccc(-c4cccc5ccccc45)c3)cc21. The third kappa shape index (κ3) is 6.02. The second-order valence-corrected chi connectivity index (χ2v) is 17.3. The lowest BCUT2D eigenvalue weighted by molar-refractivity contribution is 0.660. The summed E-state index contributed by atoms with van der Waals surface area (Å²) in [4.78, 5) is 2.43. The molecule has 0 spiro atoms. The third-order valence-corrected chi connectivity index (χ3v) is 13.4. The first-order chi connectivity index (χ1) is 31.0. The zero-order chi connectivity index (χ0) is 42.1. The van der Waals surface area contributed by atoms with Crippen LogP contribution in [0.15, 0.2) is 231 Å². The van der Waals surface area contributed by atoms with Gasteiger partial charge in [-0.15, -0.1) is 0 Å². The monoisotopic (exact) mass is 804 g/mol. The molecule has 1 aliphatic rings. The van der Waals surface area contributed by atoms with Gasteiger partial charge in [0.25, 0.3) is 0 Å². The zero-order valence-electron chi connectivity index (χ0n) is 35.3. The molecule has 0 N–H and O–H groups in total. The summed E-state index contributed by atoms with van der Waals surface area (Å²) < 4.78 is 2.43. The molecule has 0 fully saturated rings. The topological polar surface area (TPSA) is 8.17 Å². The van der Waals surface area contributed by atoms with Crippen LogP contribution in [0.25, 0.3) is 82.8 Å². The van der Waals surface area contributed by atoms with Gasteiger partial charge in [0.1, 0.15) is 0 Å². The van der Waals surface area contributed by atoms with Gasteiger partial charge in [-0.3, -0.25) is 0 Å². The molecule has 2 heteroatoms. The Labute approximate surface area is 368 Å². The van der Waals surface area contributed by atoms with Crippen molar-refractivity contribution in [2.24, 2.45) is 0 Å². The first-order valence-electron chi connectivity index (χ1n) is 21.9. The minimum Gasteiger partial charge on any atom is -0.310 e. The van der Waals surface area contributed by atoms with Crippen molar-refractivity contribution in [3.63, 3.8) is 0 Å². The van der Waals surface area contributed by atoms with Crippen molar-refractivity contribution < 1.29 is 0 Å². The largest absolute Gasteiger partial charge is 0.310 e. The Kier molecular flexibility index (Phi) is 8.55. The van der Waals surface area contributed by atoms with Crippen LogP contribution in [0.4, 0.5) is 17.1 Å². The highest BCUT2D eigenvalue weighted by atomic mass is 15.1. The van der Waals surface area contributed by atoms with Crippen LogP contribution in [-0.4, -0.2) is 4.57 Å². The van der Waals surface area contributed by atoms with Crippen molar-refractivity contribution in [3.8, 4) is 50.2 Å². The van der Waals surface area contributed by atoms with E-state index in [1.807, 2.05) is 0 Å². The van der Waals surface area contributed by atoms with E-state index in [-0.39, 0.29) is 5.41 Å². The Morgan fingerprint density at radius 2 is 0.937 bits per heavy atom. The fraction of sp³-hybridized carbons (Fsp3) is 0.0492. The number of benzene rings is 10. The molecule has 1 heterocycles. The second kappa shape index (κ2) is 14.6. The van der Waals surface area contributed by atoms with Crippen LogP contribution in [0.1, 0.15) is 25.0 Å². The first kappa shape index (κ1) is 36.9. The molecule has 2 nitrogen and oxygen atoms in total. The Morgan fingerprint density at radius 3 is 1.81 bits per heavy atom. The number of nitrogens with zero attached hydrogens (tertiary/aromatic N) is 2. The number of hydrogen-bond acceptors (Lipinski definition) is 1. The maximum absolute atomic E-state index is 2.43. The lowest BCUT2D eigenvalue weighted by Crippen LogP contribution is -2.16. The predicted octanol–water partition coefficient (Wildman–Crippen LogP) is 16.7. The fourth-order valence-electron chi connectivity index (χ4n) is 10.3. The van der Waals surface area contributed by atoms with Gasteiger partial charge in [-0.05, 0) is 122 Å². The maximum atomic E-state index is 2.43. The number of hydrogen-bond donors (Lipinski definition) is 0. The van der Waals surface area contributed by atoms with Gasteiger partial charge in [-0.25, -0.2) is 0 Å². The molecule has 11 aromatic rings. The van der Waals surface area contributed by atoms with E-state index in [1.54, 1.807) is 0 Å². The number of fused-ring (bicyclic) bond motifs is 7. The molecule has 1 aliphatic carbocycles. The minimum absolute atomic E-state index is 0.117. The molecular weight excluding hydrogens is 761 g/mol. The predicted molar refractivity (Wildman–Crippen MR) is 267 cm³/mol. The maximum Gasteiger partial charge on any atom is 0.0541 e. The average molecular weight is 805 g/mol. The van der Waals surface area contributed by atoms with E-state index in [0.29, 0.717) is 0 Å². The van der Waals surface area contributed by atoms with Crippen LogP contribution in [-0.2, 0) is 5.41 Å². The molecule has 0 radical (unpaired) electrons. The third-order valence-electron chi connectivity index (χ3n) is 13.4. The highest BCUT2D eigenvalue weighted by Gasteiger charge is 2.35. The molecule has 0 saturated heterocycles. The quantitative estimate of drug-likeness (QED) is 0.156. The van der Waals surface area contributed by atoms with Crippen LogP contribution >= 0.6 is 0 Å². The summed E-state index contributed by atoms with van der Waals surface area (Å²) in [6.07, 6.45) is 0. The molecule has 0 amide bonds. The highest BCUT2D eigenvalue weighted by Crippen LogP contribution is 2.51. The van der Waals surface area contributed by atoms with Gasteiger partial charge < -0.3 is 9.47 Å². The summed E-state index contributed by atoms with van der Waals surface area (Å²) in [5.74, 6) is 0. The van der Waals surface area contributed by atoms with Gasteiger partial charge in [0, 0.05) is 38.8 Å². The van der Waals surface area contributed by atoms with E-state index in [1.165, 1.54) is 93.9 Å². The van der Waals surface area contributed by atoms with E-state index in [4.69, 9.17) is 0 Å². The van der Waals surface area contributed by atoms with Crippen molar-refractivity contribution in [2.45, 2.75) is 19.3 Å². The highest BCUT2D eigenvalue weighted by molar-refractivity contribution is 6.11. The van der Waals surface area contributed by atoms with Crippen molar-refractivity contribution >= 4 is 49.6 Å². The number of rotatable bonds is 7. The minimum atomic E-state index is -0.117. The Hall–Kier alpha value is -7.94. The van der Waals surface area contributed by atoms with E-state index < -0.39 is 0 Å². The Bertz CT molecular complexity index is 3530. The van der Waals surface area contributed by atoms with Crippen molar-refractivity contribution in [1.29, 1.82) is 0 Å². The van der Waals surface area contributed by atoms with Gasteiger partial charge >= 0.3 is 0 Å². The molecule has 0 aliphatic heterocycles. The average Bonchev–Trinajstić information content (AvgIpc) is 3.79. The van der Waals surface area contributed by atoms with E-state index in [2.05, 4.69) is 254 Å². The van der Waals surface area contributed by atoms with E-state index in [0.717, 1.165) is 17.1 Å². The molecule has 0 saturated carbocycles. The van der Waals surface area contributed by atoms with Gasteiger partial charge in [-0.1, -0.05) is 184 Å². The van der Waals surface area contributed by atoms with Crippen LogP contribution in [0.5, 0.6) is 0 Å². The zero-order valence-corrected chi connectivity index (χ0v) is 35.3. The summed E-state index contributed by atoms with van der Waals surface area (Å²) in [6, 6.07) is 84.6. The normalized spacial score (nSPS) is 12.7. The standard InChI is InChI=1S/C61H44N2/c1-61(2)56-27-11-8-24-52(56)53-36-35-48(40-57(53)61)62(47-21-14-20-45(38-47)50-26-15-19-42-18-6-7-22-49(42)50)46-33-30-41(31-34-46)44-32-37-60-55(39-44)54-25-10-13-29-59(54)63(60)58-28-12-9-23-51(58)43-16-4-3-5-17-43/h3-40H,1-2H3. The summed E-state index contributed by atoms with van der Waals surface area (Å²) in [5, 5.41) is 4.98. The molecule has 1 aromatic heterocycles. The van der Waals surface area contributed by atoms with Gasteiger partial charge in [0.05, 0.1) is 16.7 Å². The van der Waals surface area contributed by atoms with Gasteiger partial charge in [0.2, 0.25) is 0 Å². The Balaban J connectivity index is 0.978. The molecule has 0 atom stereocenters. The van der Waals surface area contributed by atoms with E-state index in [9.17, 15) is 0 Å². The molecule has 12 rings (SSSR count). The molecule has 0 bridgehead atoms. The fourth-order valence-corrected chi connectivity index (χ4v) is 10.3. The van der Waals surface area contributed by atoms with Crippen molar-refractivity contribution in [1.82, 2.24) is 4.57 Å². The molecule has 298 valence electrons. The summed E-state index contributed by atoms with van der Waals surface area (Å²) in [5.41, 5.74) is 19.4. The number of anilines is 3. The molecule has 0 unspecified atom stereocenters. The second-order valence-electron chi connectivity index (χ2n) is 17.3. The smallest absolute Gasteiger partial charge is 0.0541 e. The molecular formula is C61H44N2. The van der Waals surface area contributed by atoms with E-state index >= 15 is 0 Å². The summed E-state index contributed by atoms with van der Waals surface area (Å²) in [6.45, 7) is 4.72. The lowest BCUT2D eigenvalue weighted by atomic mass is 9.82. The van der Waals surface area contributed by atoms with Crippen LogP contribution < -0.4 is 4.90 Å². The van der Waals surface area contributed by atoms with Crippen LogP contribution in [0, 0.1) is 0 Å². The Morgan fingerprint density at radius 1 is 0.333 bits per heavy atom.